The number of nitrogens with one attached hydrogen (secondary N) is 3. The van der Waals surface area contributed by atoms with Crippen LogP contribution in [-0.4, -0.2) is 69.4 Å². The van der Waals surface area contributed by atoms with E-state index in [0.717, 1.165) is 16.5 Å². The molecule has 3 rings (SSSR count). The van der Waals surface area contributed by atoms with Crippen LogP contribution in [0.1, 0.15) is 52.5 Å². The molecule has 37 heavy (non-hydrogen) atoms. The molecule has 2 aromatic rings. The molecule has 202 valence electrons. The Bertz CT molecular complexity index is 1130. The van der Waals surface area contributed by atoms with Crippen LogP contribution in [0.15, 0.2) is 30.5 Å². The molecule has 2 heterocycles. The average molecular weight is 514 g/mol. The molecular formula is C27H39N5O5. The van der Waals surface area contributed by atoms with Gasteiger partial charge in [-0.2, -0.15) is 0 Å². The summed E-state index contributed by atoms with van der Waals surface area (Å²) in [6, 6.07) is 4.04. The molecule has 6 N–H and O–H groups in total. The van der Waals surface area contributed by atoms with E-state index in [2.05, 4.69) is 15.6 Å². The van der Waals surface area contributed by atoms with Gasteiger partial charge in [0.25, 0.3) is 0 Å². The summed E-state index contributed by atoms with van der Waals surface area (Å²) in [5.41, 5.74) is 7.74. The highest BCUT2D eigenvalue weighted by molar-refractivity contribution is 5.95. The molecule has 1 aliphatic heterocycles. The Balaban J connectivity index is 1.85. The lowest BCUT2D eigenvalue weighted by atomic mass is 9.99. The van der Waals surface area contributed by atoms with Crippen molar-refractivity contribution in [3.05, 3.63) is 36.0 Å². The van der Waals surface area contributed by atoms with Crippen LogP contribution in [0.4, 0.5) is 0 Å². The second-order valence-electron chi connectivity index (χ2n) is 10.6. The van der Waals surface area contributed by atoms with Crippen molar-refractivity contribution >= 4 is 34.6 Å². The molecule has 0 bridgehead atoms. The van der Waals surface area contributed by atoms with Crippen LogP contribution in [-0.2, 0) is 25.6 Å². The molecule has 0 spiro atoms. The molecule has 0 saturated carbocycles. The number of amides is 3. The van der Waals surface area contributed by atoms with Crippen molar-refractivity contribution in [2.24, 2.45) is 17.6 Å². The Morgan fingerprint density at radius 1 is 1.11 bits per heavy atom. The summed E-state index contributed by atoms with van der Waals surface area (Å²) in [7, 11) is 0. The van der Waals surface area contributed by atoms with Gasteiger partial charge in [0.2, 0.25) is 17.7 Å². The minimum Gasteiger partial charge on any atom is -0.480 e. The van der Waals surface area contributed by atoms with Crippen molar-refractivity contribution in [2.45, 2.75) is 77.5 Å². The number of benzene rings is 1. The number of aromatic amines is 1. The van der Waals surface area contributed by atoms with Crippen molar-refractivity contribution in [3.8, 4) is 0 Å². The predicted molar refractivity (Wildman–Crippen MR) is 141 cm³/mol. The van der Waals surface area contributed by atoms with Crippen molar-refractivity contribution in [2.75, 3.05) is 6.54 Å². The Morgan fingerprint density at radius 3 is 2.46 bits per heavy atom. The highest BCUT2D eigenvalue weighted by Crippen LogP contribution is 2.23. The molecule has 4 atom stereocenters. The summed E-state index contributed by atoms with van der Waals surface area (Å²) < 4.78 is 0. The maximum absolute atomic E-state index is 13.6. The summed E-state index contributed by atoms with van der Waals surface area (Å²) >= 11 is 0. The SMILES string of the molecule is CC(C)CC(N)C(=O)NC(C(=O)NC(Cc1c[nH]c2ccccc12)C(=O)N1CCCC1C(=O)O)C(C)C. The Kier molecular flexibility index (Phi) is 9.31. The van der Waals surface area contributed by atoms with E-state index >= 15 is 0 Å². The minimum atomic E-state index is -1.06. The third kappa shape index (κ3) is 6.88. The number of nitrogens with two attached hydrogens (primary N) is 1. The van der Waals surface area contributed by atoms with Crippen LogP contribution >= 0.6 is 0 Å². The lowest BCUT2D eigenvalue weighted by molar-refractivity contribution is -0.149. The van der Waals surface area contributed by atoms with Gasteiger partial charge in [0.1, 0.15) is 18.1 Å². The molecule has 1 fully saturated rings. The van der Waals surface area contributed by atoms with Gasteiger partial charge < -0.3 is 31.4 Å². The van der Waals surface area contributed by atoms with Gasteiger partial charge in [-0.3, -0.25) is 14.4 Å². The average Bonchev–Trinajstić information content (AvgIpc) is 3.48. The zero-order valence-electron chi connectivity index (χ0n) is 22.0. The van der Waals surface area contributed by atoms with Crippen LogP contribution < -0.4 is 16.4 Å². The molecule has 1 aromatic heterocycles. The summed E-state index contributed by atoms with van der Waals surface area (Å²) in [4.78, 5) is 56.0. The number of carbonyl (C=O) groups is 4. The molecule has 1 saturated heterocycles. The molecule has 0 radical (unpaired) electrons. The number of carbonyl (C=O) groups excluding carboxylic acids is 3. The first kappa shape index (κ1) is 28.2. The fraction of sp³-hybridized carbons (Fsp3) is 0.556. The maximum Gasteiger partial charge on any atom is 0.326 e. The van der Waals surface area contributed by atoms with Crippen LogP contribution in [0.3, 0.4) is 0 Å². The van der Waals surface area contributed by atoms with Gasteiger partial charge in [0, 0.05) is 30.1 Å². The fourth-order valence-electron chi connectivity index (χ4n) is 4.88. The lowest BCUT2D eigenvalue weighted by Crippen LogP contribution is -2.59. The van der Waals surface area contributed by atoms with E-state index in [9.17, 15) is 24.3 Å². The fourth-order valence-corrected chi connectivity index (χ4v) is 4.88. The van der Waals surface area contributed by atoms with Gasteiger partial charge in [-0.25, -0.2) is 4.79 Å². The minimum absolute atomic E-state index is 0.170. The lowest BCUT2D eigenvalue weighted by Gasteiger charge is -2.30. The summed E-state index contributed by atoms with van der Waals surface area (Å²) in [6.07, 6.45) is 3.39. The number of hydrogen-bond acceptors (Lipinski definition) is 5. The number of aromatic nitrogens is 1. The first-order valence-electron chi connectivity index (χ1n) is 12.9. The zero-order valence-corrected chi connectivity index (χ0v) is 22.0. The van der Waals surface area contributed by atoms with E-state index in [1.54, 1.807) is 20.0 Å². The van der Waals surface area contributed by atoms with E-state index in [1.807, 2.05) is 38.1 Å². The second kappa shape index (κ2) is 12.2. The predicted octanol–water partition coefficient (Wildman–Crippen LogP) is 1.79. The largest absolute Gasteiger partial charge is 0.480 e. The highest BCUT2D eigenvalue weighted by atomic mass is 16.4. The van der Waals surface area contributed by atoms with Crippen molar-refractivity contribution in [1.29, 1.82) is 0 Å². The van der Waals surface area contributed by atoms with E-state index in [4.69, 9.17) is 5.73 Å². The number of para-hydroxylation sites is 1. The van der Waals surface area contributed by atoms with Crippen molar-refractivity contribution < 1.29 is 24.3 Å². The van der Waals surface area contributed by atoms with E-state index in [-0.39, 0.29) is 18.3 Å². The van der Waals surface area contributed by atoms with E-state index < -0.39 is 47.9 Å². The van der Waals surface area contributed by atoms with Crippen LogP contribution in [0.25, 0.3) is 10.9 Å². The number of H-pyrrole nitrogens is 1. The number of nitrogens with zero attached hydrogens (tertiary/aromatic N) is 1. The number of rotatable bonds is 11. The molecule has 0 aliphatic carbocycles. The number of fused-ring (bicyclic) bond motifs is 1. The standard InChI is InChI=1S/C27H39N5O5/c1-15(2)12-19(28)24(33)31-23(16(3)4)25(34)30-21(26(35)32-11-7-10-22(32)27(36)37)13-17-14-29-20-9-6-5-8-18(17)20/h5-6,8-9,14-16,19,21-23,29H,7,10-13,28H2,1-4H3,(H,30,34)(H,31,33)(H,36,37). The number of aliphatic carboxylic acids is 1. The first-order valence-corrected chi connectivity index (χ1v) is 12.9. The molecule has 10 nitrogen and oxygen atoms in total. The number of hydrogen-bond donors (Lipinski definition) is 5. The molecule has 4 unspecified atom stereocenters. The Labute approximate surface area is 217 Å². The van der Waals surface area contributed by atoms with Gasteiger partial charge in [0.05, 0.1) is 6.04 Å². The van der Waals surface area contributed by atoms with Gasteiger partial charge >= 0.3 is 5.97 Å². The molecular weight excluding hydrogens is 474 g/mol. The van der Waals surface area contributed by atoms with Crippen LogP contribution in [0.2, 0.25) is 0 Å². The second-order valence-corrected chi connectivity index (χ2v) is 10.6. The number of carboxylic acids is 1. The third-order valence-electron chi connectivity index (χ3n) is 6.84. The van der Waals surface area contributed by atoms with E-state index in [1.165, 1.54) is 4.90 Å². The monoisotopic (exact) mass is 513 g/mol. The van der Waals surface area contributed by atoms with Crippen LogP contribution in [0, 0.1) is 11.8 Å². The molecule has 10 heteroatoms. The summed E-state index contributed by atoms with van der Waals surface area (Å²) in [5.74, 6) is -2.49. The first-order chi connectivity index (χ1) is 17.5. The highest BCUT2D eigenvalue weighted by Gasteiger charge is 2.39. The number of likely N-dealkylation sites (tertiary alicyclic amines) is 1. The van der Waals surface area contributed by atoms with E-state index in [0.29, 0.717) is 25.8 Å². The quantitative estimate of drug-likeness (QED) is 0.308. The molecule has 1 aromatic carbocycles. The maximum atomic E-state index is 13.6. The Morgan fingerprint density at radius 2 is 1.81 bits per heavy atom. The van der Waals surface area contributed by atoms with Gasteiger partial charge in [-0.15, -0.1) is 0 Å². The smallest absolute Gasteiger partial charge is 0.326 e. The molecule has 1 aliphatic rings. The van der Waals surface area contributed by atoms with Crippen LogP contribution in [0.5, 0.6) is 0 Å². The number of carboxylic acid groups (broad SMARTS) is 1. The zero-order chi connectivity index (χ0) is 27.3. The normalized spacial score (nSPS) is 18.1. The molecule has 3 amide bonds. The summed E-state index contributed by atoms with van der Waals surface area (Å²) in [6.45, 7) is 7.84. The van der Waals surface area contributed by atoms with Gasteiger partial charge in [0.15, 0.2) is 0 Å². The van der Waals surface area contributed by atoms with Gasteiger partial charge in [-0.05, 0) is 42.7 Å². The third-order valence-corrected chi connectivity index (χ3v) is 6.84. The summed E-state index contributed by atoms with van der Waals surface area (Å²) in [5, 5.41) is 16.1. The topological polar surface area (TPSA) is 158 Å². The van der Waals surface area contributed by atoms with Gasteiger partial charge in [-0.1, -0.05) is 45.9 Å². The van der Waals surface area contributed by atoms with Crippen molar-refractivity contribution in [3.63, 3.8) is 0 Å². The van der Waals surface area contributed by atoms with Crippen molar-refractivity contribution in [1.82, 2.24) is 20.5 Å². The Hall–Kier alpha value is -3.40.